The molecule has 0 aromatic heterocycles. The molecule has 0 aromatic rings. The Morgan fingerprint density at radius 2 is 1.80 bits per heavy atom. The minimum absolute atomic E-state index is 0.0235. The van der Waals surface area contributed by atoms with Gasteiger partial charge in [0.15, 0.2) is 0 Å². The summed E-state index contributed by atoms with van der Waals surface area (Å²) in [6.45, 7) is 7.67. The molecule has 1 spiro atoms. The second-order valence-corrected chi connectivity index (χ2v) is 10.8. The third-order valence-electron chi connectivity index (χ3n) is 9.52. The van der Waals surface area contributed by atoms with Gasteiger partial charge in [0, 0.05) is 17.8 Å². The summed E-state index contributed by atoms with van der Waals surface area (Å²) in [4.78, 5) is 38.8. The molecule has 30 heavy (non-hydrogen) atoms. The highest BCUT2D eigenvalue weighted by atomic mass is 79.9. The predicted octanol–water partition coefficient (Wildman–Crippen LogP) is 1.38. The van der Waals surface area contributed by atoms with Crippen LogP contribution in [-0.4, -0.2) is 64.5 Å². The number of rotatable bonds is 3. The number of fused-ring (bicyclic) bond motifs is 7. The molecular formula is C21H25BrO8. The number of alkyl halides is 1. The number of carbonyl (C=O) groups excluding carboxylic acids is 2. The smallest absolute Gasteiger partial charge is 0.319 e. The summed E-state index contributed by atoms with van der Waals surface area (Å²) in [6, 6.07) is 0. The van der Waals surface area contributed by atoms with Crippen molar-refractivity contribution < 1.29 is 38.4 Å². The summed E-state index contributed by atoms with van der Waals surface area (Å²) in [5, 5.41) is 10.8. The lowest BCUT2D eigenvalue weighted by Crippen LogP contribution is -2.67. The van der Waals surface area contributed by atoms with Crippen LogP contribution in [0.3, 0.4) is 0 Å². The van der Waals surface area contributed by atoms with Crippen molar-refractivity contribution in [2.24, 2.45) is 40.4 Å². The number of hydrogen-bond donors (Lipinski definition) is 1. The summed E-state index contributed by atoms with van der Waals surface area (Å²) in [5.41, 5.74) is -3.77. The highest BCUT2D eigenvalue weighted by Gasteiger charge is 2.97. The third kappa shape index (κ3) is 1.63. The van der Waals surface area contributed by atoms with Crippen molar-refractivity contribution in [1.29, 1.82) is 0 Å². The topological polar surface area (TPSA) is 108 Å². The average molecular weight is 485 g/mol. The van der Waals surface area contributed by atoms with Gasteiger partial charge in [-0.05, 0) is 18.8 Å². The Morgan fingerprint density at radius 1 is 1.10 bits per heavy atom. The first-order chi connectivity index (χ1) is 14.1. The van der Waals surface area contributed by atoms with Gasteiger partial charge in [-0.1, -0.05) is 36.7 Å². The van der Waals surface area contributed by atoms with E-state index in [1.807, 2.05) is 27.7 Å². The molecule has 6 rings (SSSR count). The van der Waals surface area contributed by atoms with E-state index in [4.69, 9.17) is 18.9 Å². The first-order valence-electron chi connectivity index (χ1n) is 10.6. The number of esters is 2. The first kappa shape index (κ1) is 19.5. The predicted molar refractivity (Wildman–Crippen MR) is 102 cm³/mol. The fraction of sp³-hybridized carbons (Fsp3) is 0.857. The maximum atomic E-state index is 13.6. The van der Waals surface area contributed by atoms with Crippen LogP contribution in [0.5, 0.6) is 0 Å². The van der Waals surface area contributed by atoms with Crippen molar-refractivity contribution in [2.45, 2.75) is 63.8 Å². The van der Waals surface area contributed by atoms with Crippen LogP contribution in [0.15, 0.2) is 0 Å². The van der Waals surface area contributed by atoms with Crippen molar-refractivity contribution in [3.8, 4) is 0 Å². The fourth-order valence-corrected chi connectivity index (χ4v) is 8.33. The number of ether oxygens (including phenoxy) is 4. The van der Waals surface area contributed by atoms with Crippen LogP contribution in [0.1, 0.15) is 27.7 Å². The zero-order valence-corrected chi connectivity index (χ0v) is 18.7. The zero-order chi connectivity index (χ0) is 21.5. The van der Waals surface area contributed by atoms with Crippen LogP contribution >= 0.6 is 15.9 Å². The van der Waals surface area contributed by atoms with Crippen LogP contribution in [0.4, 0.5) is 0 Å². The Labute approximate surface area is 182 Å². The summed E-state index contributed by atoms with van der Waals surface area (Å²) in [6.07, 6.45) is -3.24. The second-order valence-electron chi connectivity index (χ2n) is 10.3. The van der Waals surface area contributed by atoms with Gasteiger partial charge in [0.05, 0.1) is 18.3 Å². The molecule has 1 N–H and O–H groups in total. The van der Waals surface area contributed by atoms with Gasteiger partial charge in [0.2, 0.25) is 0 Å². The lowest BCUT2D eigenvalue weighted by Gasteiger charge is -2.46. The normalized spacial score (nSPS) is 61.2. The minimum Gasteiger partial charge on any atom is -0.481 e. The zero-order valence-electron chi connectivity index (χ0n) is 17.2. The maximum absolute atomic E-state index is 13.6. The van der Waals surface area contributed by atoms with E-state index in [0.717, 1.165) is 0 Å². The van der Waals surface area contributed by atoms with E-state index < -0.39 is 64.8 Å². The maximum Gasteiger partial charge on any atom is 0.319 e. The second kappa shape index (κ2) is 5.41. The number of carbonyl (C=O) groups is 3. The highest BCUT2D eigenvalue weighted by Crippen LogP contribution is 2.80. The standard InChI is InChI=1S/C21H25BrO8/c1-6-10-11(6)15-21-16-19(4,30-18(21)26)8(3)14(29-16)20(21,17(24)25)13(28-15)7(2)12(10)27-9(23)5-22/h6-8,10-16H,5H2,1-4H3,(H,24,25)/t6?,7?,8?,10?,11?,12-,13?,14?,15?,16?,19?,20?,21?/m1/s1. The molecule has 0 amide bonds. The number of carboxylic acids is 1. The first-order valence-corrected chi connectivity index (χ1v) is 11.7. The van der Waals surface area contributed by atoms with Crippen molar-refractivity contribution in [3.63, 3.8) is 0 Å². The van der Waals surface area contributed by atoms with E-state index in [0.29, 0.717) is 0 Å². The monoisotopic (exact) mass is 484 g/mol. The van der Waals surface area contributed by atoms with Gasteiger partial charge in [-0.2, -0.15) is 0 Å². The van der Waals surface area contributed by atoms with Crippen molar-refractivity contribution in [3.05, 3.63) is 0 Å². The number of aliphatic carboxylic acids is 1. The Morgan fingerprint density at radius 3 is 2.43 bits per heavy atom. The molecule has 1 saturated carbocycles. The van der Waals surface area contributed by atoms with Crippen LogP contribution in [0.25, 0.3) is 0 Å². The van der Waals surface area contributed by atoms with E-state index in [-0.39, 0.29) is 35.0 Å². The Bertz CT molecular complexity index is 892. The van der Waals surface area contributed by atoms with Crippen LogP contribution < -0.4 is 0 Å². The Kier molecular flexibility index (Phi) is 3.51. The van der Waals surface area contributed by atoms with E-state index in [2.05, 4.69) is 15.9 Å². The molecule has 0 radical (unpaired) electrons. The van der Waals surface area contributed by atoms with Crippen LogP contribution in [0.2, 0.25) is 0 Å². The molecule has 0 aromatic carbocycles. The van der Waals surface area contributed by atoms with Gasteiger partial charge in [0.25, 0.3) is 0 Å². The summed E-state index contributed by atoms with van der Waals surface area (Å²) < 4.78 is 24.6. The minimum atomic E-state index is -1.55. The summed E-state index contributed by atoms with van der Waals surface area (Å²) in [5.74, 6) is -2.58. The molecule has 13 atom stereocenters. The fourth-order valence-electron chi connectivity index (χ4n) is 8.20. The molecule has 1 aliphatic carbocycles. The quantitative estimate of drug-likeness (QED) is 0.472. The number of hydrogen-bond acceptors (Lipinski definition) is 7. The lowest BCUT2D eigenvalue weighted by atomic mass is 9.47. The number of carboxylic acid groups (broad SMARTS) is 1. The van der Waals surface area contributed by atoms with Crippen molar-refractivity contribution >= 4 is 33.8 Å². The van der Waals surface area contributed by atoms with E-state index in [1.54, 1.807) is 0 Å². The van der Waals surface area contributed by atoms with E-state index >= 15 is 0 Å². The van der Waals surface area contributed by atoms with Gasteiger partial charge >= 0.3 is 17.9 Å². The van der Waals surface area contributed by atoms with Gasteiger partial charge < -0.3 is 24.1 Å². The molecule has 6 aliphatic rings. The van der Waals surface area contributed by atoms with E-state index in [9.17, 15) is 19.5 Å². The molecule has 164 valence electrons. The molecular weight excluding hydrogens is 460 g/mol. The van der Waals surface area contributed by atoms with Gasteiger partial charge in [-0.25, -0.2) is 0 Å². The van der Waals surface area contributed by atoms with Gasteiger partial charge in [-0.3, -0.25) is 14.4 Å². The highest BCUT2D eigenvalue weighted by molar-refractivity contribution is 9.09. The molecule has 4 bridgehead atoms. The van der Waals surface area contributed by atoms with Gasteiger partial charge in [0.1, 0.15) is 34.0 Å². The lowest BCUT2D eigenvalue weighted by molar-refractivity contribution is -0.174. The summed E-state index contributed by atoms with van der Waals surface area (Å²) in [7, 11) is 0. The van der Waals surface area contributed by atoms with Crippen molar-refractivity contribution in [2.75, 3.05) is 5.33 Å². The molecule has 6 fully saturated rings. The SMILES string of the molecule is CC1C2C1[C@H](OC(=O)CBr)C(C)C1OC2C23C(=O)OC4(C)C(C)C(OC42)C13C(=O)O. The van der Waals surface area contributed by atoms with E-state index in [1.165, 1.54) is 0 Å². The molecule has 5 heterocycles. The Balaban J connectivity index is 1.57. The molecule has 5 saturated heterocycles. The molecule has 9 heteroatoms. The average Bonchev–Trinajstić information content (AvgIpc) is 2.95. The molecule has 12 unspecified atom stereocenters. The molecule has 8 nitrogen and oxygen atoms in total. The van der Waals surface area contributed by atoms with Gasteiger partial charge in [-0.15, -0.1) is 0 Å². The molecule has 5 aliphatic heterocycles. The number of halogens is 1. The Hall–Kier alpha value is -1.19. The van der Waals surface area contributed by atoms with Crippen LogP contribution in [0, 0.1) is 40.4 Å². The van der Waals surface area contributed by atoms with Crippen LogP contribution in [-0.2, 0) is 33.3 Å². The third-order valence-corrected chi connectivity index (χ3v) is 9.98. The van der Waals surface area contributed by atoms with Crippen molar-refractivity contribution in [1.82, 2.24) is 0 Å². The summed E-state index contributed by atoms with van der Waals surface area (Å²) >= 11 is 3.14. The largest absolute Gasteiger partial charge is 0.481 e.